The number of nitrogens with one attached hydrogen (secondary N) is 1. The number of halogens is 1. The zero-order valence-corrected chi connectivity index (χ0v) is 16.1. The van der Waals surface area contributed by atoms with Crippen molar-refractivity contribution < 1.29 is 8.42 Å². The van der Waals surface area contributed by atoms with Crippen LogP contribution in [0, 0.1) is 13.8 Å². The van der Waals surface area contributed by atoms with E-state index in [2.05, 4.69) is 18.6 Å². The van der Waals surface area contributed by atoms with E-state index in [4.69, 9.17) is 11.6 Å². The Morgan fingerprint density at radius 3 is 2.21 bits per heavy atom. The zero-order chi connectivity index (χ0) is 17.9. The van der Waals surface area contributed by atoms with Crippen LogP contribution in [0.5, 0.6) is 0 Å². The van der Waals surface area contributed by atoms with Crippen molar-refractivity contribution in [1.82, 2.24) is 4.72 Å². The molecular weight excluding hydrogens is 342 g/mol. The zero-order valence-electron chi connectivity index (χ0n) is 14.6. The van der Waals surface area contributed by atoms with E-state index < -0.39 is 10.0 Å². The van der Waals surface area contributed by atoms with Crippen LogP contribution in [0.3, 0.4) is 0 Å². The van der Waals surface area contributed by atoms with Crippen LogP contribution in [-0.4, -0.2) is 15.0 Å². The molecule has 2 rings (SSSR count). The van der Waals surface area contributed by atoms with Crippen molar-refractivity contribution in [2.75, 3.05) is 6.54 Å². The first-order valence-electron chi connectivity index (χ1n) is 8.06. The van der Waals surface area contributed by atoms with Crippen LogP contribution in [-0.2, 0) is 16.4 Å². The first kappa shape index (κ1) is 19.0. The molecule has 2 aromatic rings. The van der Waals surface area contributed by atoms with Crippen LogP contribution in [0.2, 0.25) is 5.02 Å². The Morgan fingerprint density at radius 1 is 1.08 bits per heavy atom. The van der Waals surface area contributed by atoms with Gasteiger partial charge >= 0.3 is 0 Å². The number of hydrogen-bond donors (Lipinski definition) is 1. The van der Waals surface area contributed by atoms with Gasteiger partial charge in [-0.1, -0.05) is 55.8 Å². The lowest BCUT2D eigenvalue weighted by atomic mass is 9.99. The molecule has 0 unspecified atom stereocenters. The van der Waals surface area contributed by atoms with Crippen molar-refractivity contribution in [2.24, 2.45) is 0 Å². The molecular formula is C19H24ClNO2S. The van der Waals surface area contributed by atoms with Crippen molar-refractivity contribution in [1.29, 1.82) is 0 Å². The summed E-state index contributed by atoms with van der Waals surface area (Å²) in [4.78, 5) is 0.381. The lowest BCUT2D eigenvalue weighted by Crippen LogP contribution is -2.27. The molecule has 1 N–H and O–H groups in total. The number of hydrogen-bond acceptors (Lipinski definition) is 2. The maximum atomic E-state index is 12.7. The first-order valence-corrected chi connectivity index (χ1v) is 9.92. The molecule has 0 fully saturated rings. The molecule has 0 aliphatic carbocycles. The second kappa shape index (κ2) is 7.68. The molecule has 130 valence electrons. The second-order valence-electron chi connectivity index (χ2n) is 6.38. The van der Waals surface area contributed by atoms with Crippen molar-refractivity contribution in [3.05, 3.63) is 63.7 Å². The molecule has 0 saturated heterocycles. The molecule has 0 aromatic heterocycles. The smallest absolute Gasteiger partial charge is 0.211 e. The molecule has 24 heavy (non-hydrogen) atoms. The Balaban J connectivity index is 2.18. The monoisotopic (exact) mass is 365 g/mol. The number of sulfonamides is 1. The standard InChI is InChI=1S/C19H24ClNO2S/c1-13(2)17-11-14(3)19(15(4)12-17)24(22,23)21-10-9-16-7-5-6-8-18(16)20/h5-8,11-13,21H,9-10H2,1-4H3. The van der Waals surface area contributed by atoms with E-state index in [1.165, 1.54) is 0 Å². The lowest BCUT2D eigenvalue weighted by Gasteiger charge is -2.15. The third-order valence-electron chi connectivity index (χ3n) is 4.06. The highest BCUT2D eigenvalue weighted by Gasteiger charge is 2.20. The lowest BCUT2D eigenvalue weighted by molar-refractivity contribution is 0.580. The summed E-state index contributed by atoms with van der Waals surface area (Å²) in [5.74, 6) is 0.368. The maximum Gasteiger partial charge on any atom is 0.241 e. The molecule has 3 nitrogen and oxygen atoms in total. The summed E-state index contributed by atoms with van der Waals surface area (Å²) >= 11 is 6.11. The maximum absolute atomic E-state index is 12.7. The van der Waals surface area contributed by atoms with Gasteiger partial charge < -0.3 is 0 Å². The molecule has 0 bridgehead atoms. The van der Waals surface area contributed by atoms with Crippen LogP contribution in [0.4, 0.5) is 0 Å². The molecule has 0 saturated carbocycles. The largest absolute Gasteiger partial charge is 0.241 e. The van der Waals surface area contributed by atoms with Gasteiger partial charge in [-0.15, -0.1) is 0 Å². The van der Waals surface area contributed by atoms with E-state index in [0.717, 1.165) is 22.3 Å². The predicted molar refractivity (Wildman–Crippen MR) is 100 cm³/mol. The third kappa shape index (κ3) is 4.38. The van der Waals surface area contributed by atoms with E-state index in [0.29, 0.717) is 28.8 Å². The highest BCUT2D eigenvalue weighted by molar-refractivity contribution is 7.89. The summed E-state index contributed by atoms with van der Waals surface area (Å²) in [7, 11) is -3.54. The minimum Gasteiger partial charge on any atom is -0.211 e. The Labute approximate surface area is 150 Å². The van der Waals surface area contributed by atoms with Crippen LogP contribution >= 0.6 is 11.6 Å². The van der Waals surface area contributed by atoms with E-state index in [1.807, 2.05) is 50.2 Å². The molecule has 0 aliphatic heterocycles. The molecule has 0 amide bonds. The third-order valence-corrected chi connectivity index (χ3v) is 6.20. The van der Waals surface area contributed by atoms with Gasteiger partial charge in [0.05, 0.1) is 4.90 Å². The van der Waals surface area contributed by atoms with Crippen LogP contribution < -0.4 is 4.72 Å². The van der Waals surface area contributed by atoms with Crippen LogP contribution in [0.15, 0.2) is 41.3 Å². The van der Waals surface area contributed by atoms with Gasteiger partial charge in [0.15, 0.2) is 0 Å². The minimum atomic E-state index is -3.54. The fraction of sp³-hybridized carbons (Fsp3) is 0.368. The van der Waals surface area contributed by atoms with Gasteiger partial charge in [0, 0.05) is 11.6 Å². The summed E-state index contributed by atoms with van der Waals surface area (Å²) in [6.45, 7) is 8.22. The molecule has 0 heterocycles. The summed E-state index contributed by atoms with van der Waals surface area (Å²) < 4.78 is 28.1. The van der Waals surface area contributed by atoms with E-state index in [-0.39, 0.29) is 0 Å². The highest BCUT2D eigenvalue weighted by Crippen LogP contribution is 2.25. The Bertz CT molecular complexity index is 806. The highest BCUT2D eigenvalue weighted by atomic mass is 35.5. The fourth-order valence-corrected chi connectivity index (χ4v) is 4.55. The number of benzene rings is 2. The summed E-state index contributed by atoms with van der Waals surface area (Å²) in [6, 6.07) is 11.4. The van der Waals surface area contributed by atoms with Gasteiger partial charge in [0.1, 0.15) is 0 Å². The summed E-state index contributed by atoms with van der Waals surface area (Å²) in [5.41, 5.74) is 3.65. The van der Waals surface area contributed by atoms with Gasteiger partial charge in [-0.25, -0.2) is 13.1 Å². The molecule has 0 spiro atoms. The Hall–Kier alpha value is -1.36. The quantitative estimate of drug-likeness (QED) is 0.813. The average Bonchev–Trinajstić information content (AvgIpc) is 2.48. The summed E-state index contributed by atoms with van der Waals surface area (Å²) in [6.07, 6.45) is 0.557. The number of aryl methyl sites for hydroxylation is 2. The minimum absolute atomic E-state index is 0.316. The Morgan fingerprint density at radius 2 is 1.67 bits per heavy atom. The SMILES string of the molecule is Cc1cc(C(C)C)cc(C)c1S(=O)(=O)NCCc1ccccc1Cl. The topological polar surface area (TPSA) is 46.2 Å². The van der Waals surface area contributed by atoms with Crippen molar-refractivity contribution >= 4 is 21.6 Å². The average molecular weight is 366 g/mol. The van der Waals surface area contributed by atoms with Crippen molar-refractivity contribution in [3.63, 3.8) is 0 Å². The van der Waals surface area contributed by atoms with E-state index in [1.54, 1.807) is 0 Å². The molecule has 0 radical (unpaired) electrons. The van der Waals surface area contributed by atoms with Crippen molar-refractivity contribution in [2.45, 2.75) is 44.9 Å². The van der Waals surface area contributed by atoms with Gasteiger partial charge in [-0.3, -0.25) is 0 Å². The first-order chi connectivity index (χ1) is 11.2. The Kier molecular flexibility index (Phi) is 6.07. The second-order valence-corrected chi connectivity index (χ2v) is 8.49. The van der Waals surface area contributed by atoms with E-state index in [9.17, 15) is 8.42 Å². The molecule has 2 aromatic carbocycles. The van der Waals surface area contributed by atoms with Gasteiger partial charge in [0.25, 0.3) is 0 Å². The normalized spacial score (nSPS) is 11.9. The number of rotatable bonds is 6. The molecule has 5 heteroatoms. The molecule has 0 aliphatic rings. The van der Waals surface area contributed by atoms with Gasteiger partial charge in [-0.05, 0) is 54.5 Å². The summed E-state index contributed by atoms with van der Waals surface area (Å²) in [5, 5.41) is 0.658. The van der Waals surface area contributed by atoms with Gasteiger partial charge in [-0.2, -0.15) is 0 Å². The molecule has 0 atom stereocenters. The van der Waals surface area contributed by atoms with Crippen molar-refractivity contribution in [3.8, 4) is 0 Å². The fourth-order valence-electron chi connectivity index (χ4n) is 2.83. The van der Waals surface area contributed by atoms with Crippen LogP contribution in [0.25, 0.3) is 0 Å². The van der Waals surface area contributed by atoms with Gasteiger partial charge in [0.2, 0.25) is 10.0 Å². The predicted octanol–water partition coefficient (Wildman–Crippen LogP) is 4.60. The van der Waals surface area contributed by atoms with Crippen LogP contribution in [0.1, 0.15) is 42.0 Å². The van der Waals surface area contributed by atoms with E-state index >= 15 is 0 Å².